The third kappa shape index (κ3) is 2.68. The lowest BCUT2D eigenvalue weighted by Crippen LogP contribution is -2.11. The van der Waals surface area contributed by atoms with Crippen LogP contribution in [0.3, 0.4) is 0 Å². The molecular formula is C12H12ClN3O2. The topological polar surface area (TPSA) is 57.0 Å². The summed E-state index contributed by atoms with van der Waals surface area (Å²) in [4.78, 5) is 11.7. The average Bonchev–Trinajstić information content (AvgIpc) is 2.81. The number of rotatable bonds is 3. The number of carbonyl (C=O) groups excluding carboxylic acids is 1. The van der Waals surface area contributed by atoms with E-state index >= 15 is 0 Å². The fourth-order valence-electron chi connectivity index (χ4n) is 1.45. The summed E-state index contributed by atoms with van der Waals surface area (Å²) in [6, 6.07) is 4.95. The molecule has 0 spiro atoms. The first-order valence-electron chi connectivity index (χ1n) is 5.43. The van der Waals surface area contributed by atoms with Gasteiger partial charge >= 0.3 is 5.97 Å². The van der Waals surface area contributed by atoms with Gasteiger partial charge < -0.3 is 4.74 Å². The molecular weight excluding hydrogens is 254 g/mol. The van der Waals surface area contributed by atoms with Crippen molar-refractivity contribution in [3.63, 3.8) is 0 Å². The maximum atomic E-state index is 11.7. The normalized spacial score (nSPS) is 10.7. The second kappa shape index (κ2) is 5.18. The lowest BCUT2D eigenvalue weighted by atomic mass is 10.2. The van der Waals surface area contributed by atoms with Crippen LogP contribution in [0.1, 0.15) is 24.2 Å². The molecule has 0 unspecified atom stereocenters. The Balaban J connectivity index is 2.28. The summed E-state index contributed by atoms with van der Waals surface area (Å²) in [6.45, 7) is 3.59. The fourth-order valence-corrected chi connectivity index (χ4v) is 1.73. The Morgan fingerprint density at radius 2 is 2.00 bits per heavy atom. The molecule has 0 aliphatic rings. The zero-order valence-electron chi connectivity index (χ0n) is 10.0. The van der Waals surface area contributed by atoms with E-state index in [9.17, 15) is 4.79 Å². The van der Waals surface area contributed by atoms with Crippen molar-refractivity contribution in [1.82, 2.24) is 14.8 Å². The van der Waals surface area contributed by atoms with Crippen LogP contribution in [0.5, 0.6) is 0 Å². The van der Waals surface area contributed by atoms with Crippen LogP contribution < -0.4 is 0 Å². The zero-order valence-corrected chi connectivity index (χ0v) is 10.8. The molecule has 0 amide bonds. The van der Waals surface area contributed by atoms with Crippen molar-refractivity contribution < 1.29 is 9.53 Å². The summed E-state index contributed by atoms with van der Waals surface area (Å²) in [5.41, 5.74) is 1.13. The van der Waals surface area contributed by atoms with Crippen molar-refractivity contribution in [3.8, 4) is 5.69 Å². The Morgan fingerprint density at radius 1 is 1.33 bits per heavy atom. The van der Waals surface area contributed by atoms with Crippen LogP contribution in [0, 0.1) is 0 Å². The number of ether oxygens (including phenoxy) is 1. The summed E-state index contributed by atoms with van der Waals surface area (Å²) >= 11 is 6.12. The second-order valence-corrected chi connectivity index (χ2v) is 4.40. The highest BCUT2D eigenvalue weighted by Gasteiger charge is 2.12. The molecule has 0 saturated carbocycles. The molecule has 2 aromatic rings. The minimum atomic E-state index is -0.387. The molecule has 0 fully saturated rings. The van der Waals surface area contributed by atoms with Gasteiger partial charge in [-0.3, -0.25) is 4.57 Å². The van der Waals surface area contributed by atoms with Gasteiger partial charge in [-0.2, -0.15) is 0 Å². The van der Waals surface area contributed by atoms with Gasteiger partial charge in [0.25, 0.3) is 0 Å². The van der Waals surface area contributed by atoms with Crippen molar-refractivity contribution in [2.75, 3.05) is 0 Å². The Labute approximate surface area is 109 Å². The summed E-state index contributed by atoms with van der Waals surface area (Å²) < 4.78 is 6.76. The molecule has 0 radical (unpaired) electrons. The first-order valence-corrected chi connectivity index (χ1v) is 5.81. The highest BCUT2D eigenvalue weighted by atomic mass is 35.5. The summed E-state index contributed by atoms with van der Waals surface area (Å²) in [5.74, 6) is -0.387. The van der Waals surface area contributed by atoms with Gasteiger partial charge in [0, 0.05) is 0 Å². The zero-order chi connectivity index (χ0) is 13.1. The third-order valence-corrected chi connectivity index (χ3v) is 2.53. The highest BCUT2D eigenvalue weighted by Crippen LogP contribution is 2.22. The first-order chi connectivity index (χ1) is 8.58. The van der Waals surface area contributed by atoms with Gasteiger partial charge in [-0.1, -0.05) is 11.6 Å². The molecule has 0 bridgehead atoms. The molecule has 2 rings (SSSR count). The van der Waals surface area contributed by atoms with E-state index in [1.807, 2.05) is 0 Å². The van der Waals surface area contributed by atoms with Gasteiger partial charge in [-0.15, -0.1) is 10.2 Å². The van der Waals surface area contributed by atoms with E-state index in [1.54, 1.807) is 36.6 Å². The lowest BCUT2D eigenvalue weighted by Gasteiger charge is -2.09. The van der Waals surface area contributed by atoms with E-state index in [0.717, 1.165) is 0 Å². The minimum absolute atomic E-state index is 0.159. The SMILES string of the molecule is CC(C)OC(=O)c1ccc(-n2cnnc2)c(Cl)c1. The van der Waals surface area contributed by atoms with E-state index in [1.165, 1.54) is 12.7 Å². The lowest BCUT2D eigenvalue weighted by molar-refractivity contribution is 0.0378. The Hall–Kier alpha value is -1.88. The van der Waals surface area contributed by atoms with Gasteiger partial charge in [-0.05, 0) is 32.0 Å². The molecule has 5 nitrogen and oxygen atoms in total. The third-order valence-electron chi connectivity index (χ3n) is 2.22. The number of hydrogen-bond donors (Lipinski definition) is 0. The predicted octanol–water partition coefficient (Wildman–Crippen LogP) is 2.49. The molecule has 0 saturated heterocycles. The number of benzene rings is 1. The molecule has 94 valence electrons. The van der Waals surface area contributed by atoms with E-state index in [2.05, 4.69) is 10.2 Å². The average molecular weight is 266 g/mol. The van der Waals surface area contributed by atoms with Crippen molar-refractivity contribution in [3.05, 3.63) is 41.4 Å². The largest absolute Gasteiger partial charge is 0.459 e. The minimum Gasteiger partial charge on any atom is -0.459 e. The van der Waals surface area contributed by atoms with Gasteiger partial charge in [-0.25, -0.2) is 4.79 Å². The molecule has 0 aliphatic carbocycles. The van der Waals surface area contributed by atoms with Crippen LogP contribution >= 0.6 is 11.6 Å². The highest BCUT2D eigenvalue weighted by molar-refractivity contribution is 6.32. The van der Waals surface area contributed by atoms with Crippen LogP contribution in [-0.4, -0.2) is 26.8 Å². The summed E-state index contributed by atoms with van der Waals surface area (Å²) in [6.07, 6.45) is 2.91. The predicted molar refractivity (Wildman–Crippen MR) is 66.9 cm³/mol. The van der Waals surface area contributed by atoms with Crippen molar-refractivity contribution >= 4 is 17.6 Å². The van der Waals surface area contributed by atoms with Gasteiger partial charge in [0.2, 0.25) is 0 Å². The molecule has 1 aromatic carbocycles. The Morgan fingerprint density at radius 3 is 2.56 bits per heavy atom. The van der Waals surface area contributed by atoms with Crippen molar-refractivity contribution in [2.24, 2.45) is 0 Å². The monoisotopic (exact) mass is 265 g/mol. The number of aromatic nitrogens is 3. The fraction of sp³-hybridized carbons (Fsp3) is 0.250. The number of carbonyl (C=O) groups is 1. The molecule has 0 atom stereocenters. The molecule has 1 heterocycles. The number of esters is 1. The molecule has 0 N–H and O–H groups in total. The summed E-state index contributed by atoms with van der Waals surface area (Å²) in [7, 11) is 0. The maximum absolute atomic E-state index is 11.7. The first kappa shape index (κ1) is 12.6. The Kier molecular flexibility index (Phi) is 3.62. The van der Waals surface area contributed by atoms with Crippen LogP contribution in [0.4, 0.5) is 0 Å². The van der Waals surface area contributed by atoms with Gasteiger partial charge in [0.15, 0.2) is 0 Å². The summed E-state index contributed by atoms with van der Waals surface area (Å²) in [5, 5.41) is 7.84. The van der Waals surface area contributed by atoms with E-state index in [4.69, 9.17) is 16.3 Å². The van der Waals surface area contributed by atoms with Crippen molar-refractivity contribution in [1.29, 1.82) is 0 Å². The molecule has 1 aromatic heterocycles. The van der Waals surface area contributed by atoms with E-state index in [0.29, 0.717) is 16.3 Å². The van der Waals surface area contributed by atoms with Crippen molar-refractivity contribution in [2.45, 2.75) is 20.0 Å². The second-order valence-electron chi connectivity index (χ2n) is 3.99. The molecule has 18 heavy (non-hydrogen) atoms. The van der Waals surface area contributed by atoms with Crippen LogP contribution in [0.2, 0.25) is 5.02 Å². The van der Waals surface area contributed by atoms with Gasteiger partial charge in [0.05, 0.1) is 22.4 Å². The van der Waals surface area contributed by atoms with E-state index < -0.39 is 0 Å². The number of hydrogen-bond acceptors (Lipinski definition) is 4. The van der Waals surface area contributed by atoms with Gasteiger partial charge in [0.1, 0.15) is 12.7 Å². The molecule has 6 heteroatoms. The smallest absolute Gasteiger partial charge is 0.338 e. The maximum Gasteiger partial charge on any atom is 0.338 e. The van der Waals surface area contributed by atoms with E-state index in [-0.39, 0.29) is 12.1 Å². The van der Waals surface area contributed by atoms with Crippen LogP contribution in [0.15, 0.2) is 30.9 Å². The standard InChI is InChI=1S/C12H12ClN3O2/c1-8(2)18-12(17)9-3-4-11(10(13)5-9)16-6-14-15-7-16/h3-8H,1-2H3. The Bertz CT molecular complexity index is 552. The number of nitrogens with zero attached hydrogens (tertiary/aromatic N) is 3. The quantitative estimate of drug-likeness (QED) is 0.800. The van der Waals surface area contributed by atoms with Crippen LogP contribution in [0.25, 0.3) is 5.69 Å². The number of halogens is 1. The molecule has 0 aliphatic heterocycles. The van der Waals surface area contributed by atoms with Crippen LogP contribution in [-0.2, 0) is 4.74 Å².